The zero-order valence-electron chi connectivity index (χ0n) is 19.3. The summed E-state index contributed by atoms with van der Waals surface area (Å²) in [5.74, 6) is -0.236. The van der Waals surface area contributed by atoms with Gasteiger partial charge in [-0.2, -0.15) is 0 Å². The van der Waals surface area contributed by atoms with Crippen LogP contribution in [0.3, 0.4) is 0 Å². The van der Waals surface area contributed by atoms with Crippen molar-refractivity contribution in [3.8, 4) is 0 Å². The quantitative estimate of drug-likeness (QED) is 0.645. The average Bonchev–Trinajstić information content (AvgIpc) is 3.33. The molecule has 1 aromatic carbocycles. The molecule has 0 radical (unpaired) electrons. The van der Waals surface area contributed by atoms with Gasteiger partial charge in [0.25, 0.3) is 0 Å². The maximum Gasteiger partial charge on any atom is 0.228 e. The molecule has 7 nitrogen and oxygen atoms in total. The highest BCUT2D eigenvalue weighted by molar-refractivity contribution is 7.88. The minimum absolute atomic E-state index is 0.0368. The standard InChI is InChI=1S/C24H31N3O4S2/c1-17-6-8-19(9-7-17)27-22(28)11-10-20(23(27)21-5-4-16-32-21)24(29)26-14-12-18(13-15-26)25(2)33(3,30)31/h4-9,16,18,20,23H,10-15H2,1-3H3. The van der Waals surface area contributed by atoms with E-state index >= 15 is 0 Å². The van der Waals surface area contributed by atoms with Crippen LogP contribution in [0, 0.1) is 12.8 Å². The maximum absolute atomic E-state index is 13.7. The summed E-state index contributed by atoms with van der Waals surface area (Å²) in [6, 6.07) is 11.4. The number of nitrogens with zero attached hydrogens (tertiary/aromatic N) is 3. The number of piperidine rings is 2. The van der Waals surface area contributed by atoms with Crippen LogP contribution in [0.2, 0.25) is 0 Å². The summed E-state index contributed by atoms with van der Waals surface area (Å²) < 4.78 is 25.2. The number of carbonyl (C=O) groups excluding carboxylic acids is 2. The van der Waals surface area contributed by atoms with E-state index in [4.69, 9.17) is 0 Å². The first-order valence-electron chi connectivity index (χ1n) is 11.3. The Morgan fingerprint density at radius 2 is 1.76 bits per heavy atom. The molecule has 33 heavy (non-hydrogen) atoms. The van der Waals surface area contributed by atoms with Crippen molar-refractivity contribution in [3.05, 3.63) is 52.2 Å². The lowest BCUT2D eigenvalue weighted by molar-refractivity contribution is -0.139. The Labute approximate surface area is 200 Å². The fraction of sp³-hybridized carbons (Fsp3) is 0.500. The number of benzene rings is 1. The third-order valence-corrected chi connectivity index (χ3v) is 9.16. The van der Waals surface area contributed by atoms with Gasteiger partial charge in [0.1, 0.15) is 0 Å². The maximum atomic E-state index is 13.7. The number of hydrogen-bond acceptors (Lipinski definition) is 5. The molecule has 2 amide bonds. The molecule has 1 aromatic heterocycles. The Morgan fingerprint density at radius 1 is 1.09 bits per heavy atom. The highest BCUT2D eigenvalue weighted by Gasteiger charge is 2.44. The average molecular weight is 490 g/mol. The summed E-state index contributed by atoms with van der Waals surface area (Å²) in [4.78, 5) is 31.5. The summed E-state index contributed by atoms with van der Waals surface area (Å²) in [5, 5.41) is 1.98. The molecule has 4 rings (SSSR count). The van der Waals surface area contributed by atoms with Gasteiger partial charge in [0.05, 0.1) is 18.2 Å². The van der Waals surface area contributed by atoms with Gasteiger partial charge in [-0.3, -0.25) is 9.59 Å². The lowest BCUT2D eigenvalue weighted by Gasteiger charge is -2.43. The topological polar surface area (TPSA) is 78.0 Å². The van der Waals surface area contributed by atoms with Crippen LogP contribution in [0.1, 0.15) is 42.2 Å². The number of rotatable bonds is 5. The molecule has 0 spiro atoms. The zero-order valence-corrected chi connectivity index (χ0v) is 20.9. The van der Waals surface area contributed by atoms with E-state index in [1.807, 2.05) is 58.5 Å². The van der Waals surface area contributed by atoms with Gasteiger partial charge in [0.2, 0.25) is 21.8 Å². The Kier molecular flexibility index (Phi) is 6.93. The van der Waals surface area contributed by atoms with Crippen molar-refractivity contribution >= 4 is 38.9 Å². The fourth-order valence-electron chi connectivity index (χ4n) is 4.90. The molecule has 2 aliphatic rings. The van der Waals surface area contributed by atoms with Gasteiger partial charge >= 0.3 is 0 Å². The number of sulfonamides is 1. The van der Waals surface area contributed by atoms with Crippen LogP contribution in [0.5, 0.6) is 0 Å². The first kappa shape index (κ1) is 23.9. The molecule has 0 N–H and O–H groups in total. The SMILES string of the molecule is Cc1ccc(N2C(=O)CCC(C(=O)N3CCC(N(C)S(C)(=O)=O)CC3)C2c2cccs2)cc1. The van der Waals surface area contributed by atoms with Crippen LogP contribution in [-0.4, -0.2) is 61.9 Å². The minimum Gasteiger partial charge on any atom is -0.342 e. The van der Waals surface area contributed by atoms with E-state index < -0.39 is 10.0 Å². The van der Waals surface area contributed by atoms with Crippen molar-refractivity contribution in [1.29, 1.82) is 0 Å². The van der Waals surface area contributed by atoms with Crippen molar-refractivity contribution in [2.24, 2.45) is 5.92 Å². The lowest BCUT2D eigenvalue weighted by Crippen LogP contribution is -2.52. The molecule has 9 heteroatoms. The molecule has 2 fully saturated rings. The van der Waals surface area contributed by atoms with Gasteiger partial charge in [-0.15, -0.1) is 11.3 Å². The van der Waals surface area contributed by atoms with Crippen molar-refractivity contribution in [2.45, 2.75) is 44.7 Å². The van der Waals surface area contributed by atoms with Gasteiger partial charge in [0.15, 0.2) is 0 Å². The number of carbonyl (C=O) groups is 2. The summed E-state index contributed by atoms with van der Waals surface area (Å²) in [6.07, 6.45) is 3.30. The fourth-order valence-corrected chi connectivity index (χ4v) is 6.53. The Balaban J connectivity index is 1.58. The summed E-state index contributed by atoms with van der Waals surface area (Å²) in [7, 11) is -1.65. The minimum atomic E-state index is -3.26. The third-order valence-electron chi connectivity index (χ3n) is 6.87. The van der Waals surface area contributed by atoms with E-state index in [0.717, 1.165) is 16.1 Å². The molecule has 2 aliphatic heterocycles. The van der Waals surface area contributed by atoms with Crippen LogP contribution in [-0.2, 0) is 19.6 Å². The second-order valence-corrected chi connectivity index (χ2v) is 12.1. The molecule has 3 heterocycles. The van der Waals surface area contributed by atoms with Crippen LogP contribution >= 0.6 is 11.3 Å². The molecular formula is C24H31N3O4S2. The molecule has 2 aromatic rings. The second kappa shape index (κ2) is 9.56. The van der Waals surface area contributed by atoms with Gasteiger partial charge in [0, 0.05) is 43.2 Å². The van der Waals surface area contributed by atoms with E-state index in [1.54, 1.807) is 18.4 Å². The van der Waals surface area contributed by atoms with Crippen molar-refractivity contribution in [1.82, 2.24) is 9.21 Å². The highest BCUT2D eigenvalue weighted by Crippen LogP contribution is 2.42. The largest absolute Gasteiger partial charge is 0.342 e. The first-order chi connectivity index (χ1) is 15.7. The third kappa shape index (κ3) is 5.00. The number of amides is 2. The number of aryl methyl sites for hydroxylation is 1. The Hall–Kier alpha value is -2.23. The summed E-state index contributed by atoms with van der Waals surface area (Å²) >= 11 is 1.57. The number of hydrogen-bond donors (Lipinski definition) is 0. The molecule has 0 saturated carbocycles. The van der Waals surface area contributed by atoms with Crippen LogP contribution in [0.15, 0.2) is 41.8 Å². The molecule has 2 atom stereocenters. The smallest absolute Gasteiger partial charge is 0.228 e. The van der Waals surface area contributed by atoms with E-state index in [2.05, 4.69) is 0 Å². The zero-order chi connectivity index (χ0) is 23.8. The van der Waals surface area contributed by atoms with Gasteiger partial charge in [-0.05, 0) is 49.8 Å². The molecule has 0 bridgehead atoms. The van der Waals surface area contributed by atoms with E-state index in [0.29, 0.717) is 38.8 Å². The highest BCUT2D eigenvalue weighted by atomic mass is 32.2. The second-order valence-electron chi connectivity index (χ2n) is 9.04. The molecule has 0 aliphatic carbocycles. The first-order valence-corrected chi connectivity index (χ1v) is 14.0. The Morgan fingerprint density at radius 3 is 2.33 bits per heavy atom. The van der Waals surface area contributed by atoms with Crippen molar-refractivity contribution < 1.29 is 18.0 Å². The van der Waals surface area contributed by atoms with Crippen molar-refractivity contribution in [2.75, 3.05) is 31.3 Å². The number of anilines is 1. The van der Waals surface area contributed by atoms with E-state index in [9.17, 15) is 18.0 Å². The van der Waals surface area contributed by atoms with Crippen LogP contribution in [0.4, 0.5) is 5.69 Å². The van der Waals surface area contributed by atoms with Gasteiger partial charge < -0.3 is 9.80 Å². The lowest BCUT2D eigenvalue weighted by atomic mass is 9.85. The Bertz CT molecular complexity index is 1090. The molecular weight excluding hydrogens is 458 g/mol. The number of likely N-dealkylation sites (tertiary alicyclic amines) is 1. The normalized spacial score (nSPS) is 22.7. The van der Waals surface area contributed by atoms with Crippen LogP contribution in [0.25, 0.3) is 0 Å². The predicted octanol–water partition coefficient (Wildman–Crippen LogP) is 3.42. The van der Waals surface area contributed by atoms with E-state index in [-0.39, 0.29) is 29.8 Å². The molecule has 178 valence electrons. The van der Waals surface area contributed by atoms with Gasteiger partial charge in [-0.1, -0.05) is 23.8 Å². The van der Waals surface area contributed by atoms with E-state index in [1.165, 1.54) is 10.6 Å². The summed E-state index contributed by atoms with van der Waals surface area (Å²) in [5.41, 5.74) is 1.93. The molecule has 2 unspecified atom stereocenters. The number of thiophene rings is 1. The van der Waals surface area contributed by atoms with Gasteiger partial charge in [-0.25, -0.2) is 12.7 Å². The predicted molar refractivity (Wildman–Crippen MR) is 131 cm³/mol. The van der Waals surface area contributed by atoms with Crippen molar-refractivity contribution in [3.63, 3.8) is 0 Å². The summed E-state index contributed by atoms with van der Waals surface area (Å²) in [6.45, 7) is 3.06. The monoisotopic (exact) mass is 489 g/mol. The van der Waals surface area contributed by atoms with Crippen LogP contribution < -0.4 is 4.90 Å². The molecule has 2 saturated heterocycles.